The van der Waals surface area contributed by atoms with Crippen molar-refractivity contribution in [1.82, 2.24) is 9.80 Å². The van der Waals surface area contributed by atoms with E-state index in [2.05, 4.69) is 43.6 Å². The van der Waals surface area contributed by atoms with E-state index < -0.39 is 0 Å². The summed E-state index contributed by atoms with van der Waals surface area (Å²) in [6.07, 6.45) is 9.38. The molecule has 3 heterocycles. The number of rotatable bonds is 16. The number of fused-ring (bicyclic) bond motifs is 1. The number of carbonyl (C=O) groups excluding carboxylic acids is 3. The standard InChI is InChI=1S/C39H45BrN2O3S/c1-5-9-11-26(7-3)23-41-36(31-19-17-30(18-20-31)29-15-13-28(25-43)14-16-29)34-35(39(41)45)37(32-21-22-33(40)46-32)42(38(34)44)24-27(8-4)12-10-6-2/h13-22,25-27H,5-12,23-24H2,1-4H3. The van der Waals surface area contributed by atoms with Gasteiger partial charge in [-0.15, -0.1) is 11.3 Å². The molecular formula is C39H45BrN2O3S. The van der Waals surface area contributed by atoms with E-state index in [9.17, 15) is 14.4 Å². The summed E-state index contributed by atoms with van der Waals surface area (Å²) in [5, 5.41) is 0. The van der Waals surface area contributed by atoms with Gasteiger partial charge >= 0.3 is 0 Å². The molecule has 1 aromatic heterocycles. The molecule has 3 aromatic rings. The average molecular weight is 702 g/mol. The third kappa shape index (κ3) is 7.01. The number of thiophene rings is 1. The molecule has 0 aliphatic carbocycles. The van der Waals surface area contributed by atoms with E-state index in [1.54, 1.807) is 11.3 Å². The minimum absolute atomic E-state index is 0.0644. The van der Waals surface area contributed by atoms with Crippen LogP contribution < -0.4 is 0 Å². The van der Waals surface area contributed by atoms with Crippen molar-refractivity contribution >= 4 is 56.8 Å². The molecule has 0 saturated heterocycles. The van der Waals surface area contributed by atoms with Crippen LogP contribution in [0.2, 0.25) is 0 Å². The maximum Gasteiger partial charge on any atom is 0.261 e. The van der Waals surface area contributed by atoms with Crippen LogP contribution in [0, 0.1) is 11.8 Å². The van der Waals surface area contributed by atoms with E-state index in [0.29, 0.717) is 41.6 Å². The van der Waals surface area contributed by atoms with Gasteiger partial charge in [-0.05, 0) is 69.4 Å². The van der Waals surface area contributed by atoms with Crippen molar-refractivity contribution in [2.24, 2.45) is 11.8 Å². The summed E-state index contributed by atoms with van der Waals surface area (Å²) in [5.74, 6) is 0.579. The summed E-state index contributed by atoms with van der Waals surface area (Å²) in [6, 6.07) is 19.7. The molecule has 46 heavy (non-hydrogen) atoms. The summed E-state index contributed by atoms with van der Waals surface area (Å²) in [5.41, 5.74) is 6.13. The lowest BCUT2D eigenvalue weighted by Gasteiger charge is -2.29. The SMILES string of the molecule is CCCCC(CC)CN1C(=O)C2=C(c3ccc(Br)s3)N(CC(CC)CCCC)C(=O)C2=C1c1ccc(-c2ccc(C=O)cc2)cc1. The third-order valence-electron chi connectivity index (χ3n) is 9.49. The predicted molar refractivity (Wildman–Crippen MR) is 193 cm³/mol. The van der Waals surface area contributed by atoms with Gasteiger partial charge in [0.25, 0.3) is 11.8 Å². The van der Waals surface area contributed by atoms with Crippen LogP contribution in [0.15, 0.2) is 75.6 Å². The number of hydrogen-bond donors (Lipinski definition) is 0. The van der Waals surface area contributed by atoms with Gasteiger partial charge in [0.15, 0.2) is 0 Å². The number of halogens is 1. The smallest absolute Gasteiger partial charge is 0.261 e. The number of benzene rings is 2. The fraction of sp³-hybridized carbons (Fsp3) is 0.410. The highest BCUT2D eigenvalue weighted by molar-refractivity contribution is 9.11. The molecule has 242 valence electrons. The minimum Gasteiger partial charge on any atom is -0.307 e. The van der Waals surface area contributed by atoms with Crippen LogP contribution >= 0.6 is 27.3 Å². The first-order valence-electron chi connectivity index (χ1n) is 16.9. The zero-order valence-corrected chi connectivity index (χ0v) is 29.9. The quantitative estimate of drug-likeness (QED) is 0.140. The number of nitrogens with zero attached hydrogens (tertiary/aromatic N) is 2. The molecule has 2 unspecified atom stereocenters. The highest BCUT2D eigenvalue weighted by Crippen LogP contribution is 2.49. The van der Waals surface area contributed by atoms with E-state index in [1.807, 2.05) is 70.5 Å². The Kier molecular flexibility index (Phi) is 11.5. The molecule has 5 rings (SSSR count). The Morgan fingerprint density at radius 1 is 0.674 bits per heavy atom. The molecule has 2 amide bonds. The average Bonchev–Trinajstić information content (AvgIpc) is 3.72. The number of unbranched alkanes of at least 4 members (excludes halogenated alkanes) is 2. The second-order valence-electron chi connectivity index (χ2n) is 12.5. The van der Waals surface area contributed by atoms with Crippen LogP contribution in [0.25, 0.3) is 22.5 Å². The lowest BCUT2D eigenvalue weighted by atomic mass is 9.97. The van der Waals surface area contributed by atoms with Gasteiger partial charge in [-0.2, -0.15) is 0 Å². The lowest BCUT2D eigenvalue weighted by Crippen LogP contribution is -2.34. The Hall–Kier alpha value is -3.29. The topological polar surface area (TPSA) is 57.7 Å². The fourth-order valence-electron chi connectivity index (χ4n) is 6.67. The maximum absolute atomic E-state index is 14.7. The first-order chi connectivity index (χ1) is 22.3. The van der Waals surface area contributed by atoms with Gasteiger partial charge in [-0.3, -0.25) is 14.4 Å². The lowest BCUT2D eigenvalue weighted by molar-refractivity contribution is -0.124. The molecule has 0 spiro atoms. The molecular weight excluding hydrogens is 656 g/mol. The van der Waals surface area contributed by atoms with Crippen LogP contribution in [-0.2, 0) is 9.59 Å². The Balaban J connectivity index is 1.64. The summed E-state index contributed by atoms with van der Waals surface area (Å²) in [7, 11) is 0. The van der Waals surface area contributed by atoms with Crippen molar-refractivity contribution < 1.29 is 14.4 Å². The fourth-order valence-corrected chi connectivity index (χ4v) is 8.11. The normalized spacial score (nSPS) is 16.1. The molecule has 7 heteroatoms. The largest absolute Gasteiger partial charge is 0.307 e. The van der Waals surface area contributed by atoms with Gasteiger partial charge in [0, 0.05) is 18.7 Å². The van der Waals surface area contributed by atoms with Crippen molar-refractivity contribution in [2.75, 3.05) is 13.1 Å². The van der Waals surface area contributed by atoms with E-state index in [4.69, 9.17) is 0 Å². The third-order valence-corrected chi connectivity index (χ3v) is 11.1. The highest BCUT2D eigenvalue weighted by atomic mass is 79.9. The number of hydrogen-bond acceptors (Lipinski definition) is 4. The Labute approximate surface area is 286 Å². The van der Waals surface area contributed by atoms with Crippen LogP contribution in [0.4, 0.5) is 0 Å². The monoisotopic (exact) mass is 700 g/mol. The minimum atomic E-state index is -0.0644. The van der Waals surface area contributed by atoms with Gasteiger partial charge in [0.2, 0.25) is 0 Å². The molecule has 0 saturated carbocycles. The van der Waals surface area contributed by atoms with E-state index in [0.717, 1.165) is 94.4 Å². The van der Waals surface area contributed by atoms with E-state index in [-0.39, 0.29) is 11.8 Å². The van der Waals surface area contributed by atoms with Crippen LogP contribution in [0.5, 0.6) is 0 Å². The molecule has 5 nitrogen and oxygen atoms in total. The molecule has 0 N–H and O–H groups in total. The Morgan fingerprint density at radius 2 is 1.15 bits per heavy atom. The van der Waals surface area contributed by atoms with E-state index in [1.165, 1.54) is 0 Å². The summed E-state index contributed by atoms with van der Waals surface area (Å²) < 4.78 is 0.975. The van der Waals surface area contributed by atoms with Gasteiger partial charge in [0.05, 0.1) is 31.2 Å². The van der Waals surface area contributed by atoms with Gasteiger partial charge in [0.1, 0.15) is 6.29 Å². The zero-order valence-electron chi connectivity index (χ0n) is 27.5. The first-order valence-corrected chi connectivity index (χ1v) is 18.5. The van der Waals surface area contributed by atoms with Crippen molar-refractivity contribution in [1.29, 1.82) is 0 Å². The van der Waals surface area contributed by atoms with Crippen LogP contribution in [0.1, 0.15) is 99.9 Å². The molecule has 2 aliphatic heterocycles. The molecule has 0 fully saturated rings. The predicted octanol–water partition coefficient (Wildman–Crippen LogP) is 10.2. The zero-order chi connectivity index (χ0) is 32.8. The van der Waals surface area contributed by atoms with Gasteiger partial charge in [-0.1, -0.05) is 115 Å². The van der Waals surface area contributed by atoms with E-state index >= 15 is 0 Å². The highest BCUT2D eigenvalue weighted by Gasteiger charge is 2.49. The second-order valence-corrected chi connectivity index (χ2v) is 15.0. The van der Waals surface area contributed by atoms with Crippen molar-refractivity contribution in [3.8, 4) is 11.1 Å². The second kappa shape index (κ2) is 15.5. The van der Waals surface area contributed by atoms with Gasteiger partial charge < -0.3 is 9.80 Å². The number of amides is 2. The maximum atomic E-state index is 14.7. The Morgan fingerprint density at radius 3 is 1.61 bits per heavy atom. The van der Waals surface area contributed by atoms with Gasteiger partial charge in [-0.25, -0.2) is 0 Å². The number of carbonyl (C=O) groups is 3. The van der Waals surface area contributed by atoms with Crippen molar-refractivity contribution in [3.05, 3.63) is 91.6 Å². The first kappa shape index (κ1) is 34.1. The Bertz CT molecular complexity index is 1620. The van der Waals surface area contributed by atoms with Crippen LogP contribution in [0.3, 0.4) is 0 Å². The molecule has 0 radical (unpaired) electrons. The molecule has 2 aliphatic rings. The van der Waals surface area contributed by atoms with Crippen LogP contribution in [-0.4, -0.2) is 41.0 Å². The molecule has 0 bridgehead atoms. The summed E-state index contributed by atoms with van der Waals surface area (Å²) in [6.45, 7) is 10.00. The molecule has 2 aromatic carbocycles. The van der Waals surface area contributed by atoms with Crippen molar-refractivity contribution in [3.63, 3.8) is 0 Å². The van der Waals surface area contributed by atoms with Crippen molar-refractivity contribution in [2.45, 2.75) is 79.1 Å². The summed E-state index contributed by atoms with van der Waals surface area (Å²) in [4.78, 5) is 45.3. The molecule has 2 atom stereocenters. The number of aldehydes is 1. The summed E-state index contributed by atoms with van der Waals surface area (Å²) >= 11 is 5.20.